The predicted molar refractivity (Wildman–Crippen MR) is 84.1 cm³/mol. The van der Waals surface area contributed by atoms with Gasteiger partial charge in [0.2, 0.25) is 0 Å². The molecule has 22 heavy (non-hydrogen) atoms. The summed E-state index contributed by atoms with van der Waals surface area (Å²) in [4.78, 5) is 23.4. The minimum Gasteiger partial charge on any atom is -0.481 e. The molecule has 0 radical (unpaired) electrons. The summed E-state index contributed by atoms with van der Waals surface area (Å²) in [6, 6.07) is 15.5. The monoisotopic (exact) mass is 294 g/mol. The molecular formula is C19H18O3. The minimum atomic E-state index is -0.841. The van der Waals surface area contributed by atoms with Crippen molar-refractivity contribution in [1.82, 2.24) is 0 Å². The number of aryl methyl sites for hydroxylation is 1. The Kier molecular flexibility index (Phi) is 3.80. The molecule has 112 valence electrons. The lowest BCUT2D eigenvalue weighted by atomic mass is 9.78. The second-order valence-corrected chi connectivity index (χ2v) is 5.82. The zero-order chi connectivity index (χ0) is 15.7. The number of carboxylic acids is 1. The third-order valence-corrected chi connectivity index (χ3v) is 4.47. The van der Waals surface area contributed by atoms with Crippen molar-refractivity contribution in [3.05, 3.63) is 70.8 Å². The van der Waals surface area contributed by atoms with Gasteiger partial charge in [-0.15, -0.1) is 0 Å². The van der Waals surface area contributed by atoms with Crippen LogP contribution in [0, 0.1) is 0 Å². The molecule has 3 heteroatoms. The number of aliphatic carboxylic acids is 1. The van der Waals surface area contributed by atoms with E-state index in [0.717, 1.165) is 23.1 Å². The number of Topliss-reactive ketones (excluding diaryl/α,β-unsaturated/α-hetero) is 1. The quantitative estimate of drug-likeness (QED) is 0.942. The SMILES string of the molecule is CC(C(=O)O)c1ccc(C2C(=O)CCc3ccccc32)cc1. The number of hydrogen-bond donors (Lipinski definition) is 1. The molecule has 0 heterocycles. The highest BCUT2D eigenvalue weighted by atomic mass is 16.4. The number of carbonyl (C=O) groups excluding carboxylic acids is 1. The van der Waals surface area contributed by atoms with E-state index >= 15 is 0 Å². The molecule has 2 aromatic rings. The van der Waals surface area contributed by atoms with E-state index in [9.17, 15) is 9.59 Å². The molecule has 0 saturated carbocycles. The van der Waals surface area contributed by atoms with Gasteiger partial charge in [0.1, 0.15) is 5.78 Å². The Labute approximate surface area is 129 Å². The Morgan fingerprint density at radius 3 is 2.45 bits per heavy atom. The Bertz CT molecular complexity index is 716. The maximum Gasteiger partial charge on any atom is 0.310 e. The zero-order valence-electron chi connectivity index (χ0n) is 12.5. The summed E-state index contributed by atoms with van der Waals surface area (Å²) in [5, 5.41) is 9.07. The number of ketones is 1. The first-order valence-corrected chi connectivity index (χ1v) is 7.51. The molecule has 1 N–H and O–H groups in total. The fourth-order valence-electron chi connectivity index (χ4n) is 3.10. The molecule has 0 spiro atoms. The lowest BCUT2D eigenvalue weighted by molar-refractivity contribution is -0.138. The van der Waals surface area contributed by atoms with Crippen molar-refractivity contribution < 1.29 is 14.7 Å². The van der Waals surface area contributed by atoms with Gasteiger partial charge in [-0.3, -0.25) is 9.59 Å². The number of fused-ring (bicyclic) bond motifs is 1. The molecule has 2 aromatic carbocycles. The summed E-state index contributed by atoms with van der Waals surface area (Å²) in [5.41, 5.74) is 4.01. The van der Waals surface area contributed by atoms with Crippen LogP contribution in [0.2, 0.25) is 0 Å². The first-order valence-electron chi connectivity index (χ1n) is 7.51. The van der Waals surface area contributed by atoms with Crippen molar-refractivity contribution in [2.75, 3.05) is 0 Å². The van der Waals surface area contributed by atoms with Crippen molar-refractivity contribution in [3.8, 4) is 0 Å². The third-order valence-electron chi connectivity index (χ3n) is 4.47. The van der Waals surface area contributed by atoms with Gasteiger partial charge in [0.05, 0.1) is 11.8 Å². The highest BCUT2D eigenvalue weighted by Crippen LogP contribution is 2.34. The normalized spacial score (nSPS) is 18.6. The van der Waals surface area contributed by atoms with Crippen molar-refractivity contribution in [2.45, 2.75) is 31.6 Å². The van der Waals surface area contributed by atoms with Crippen molar-refractivity contribution >= 4 is 11.8 Å². The van der Waals surface area contributed by atoms with Crippen LogP contribution < -0.4 is 0 Å². The largest absolute Gasteiger partial charge is 0.481 e. The number of carbonyl (C=O) groups is 2. The topological polar surface area (TPSA) is 54.4 Å². The van der Waals surface area contributed by atoms with E-state index in [4.69, 9.17) is 5.11 Å². The summed E-state index contributed by atoms with van der Waals surface area (Å²) < 4.78 is 0. The van der Waals surface area contributed by atoms with Gasteiger partial charge in [0.25, 0.3) is 0 Å². The van der Waals surface area contributed by atoms with Crippen LogP contribution >= 0.6 is 0 Å². The molecule has 3 rings (SSSR count). The van der Waals surface area contributed by atoms with Gasteiger partial charge in [0.15, 0.2) is 0 Å². The highest BCUT2D eigenvalue weighted by Gasteiger charge is 2.28. The second-order valence-electron chi connectivity index (χ2n) is 5.82. The summed E-state index contributed by atoms with van der Waals surface area (Å²) in [7, 11) is 0. The molecule has 1 aliphatic rings. The summed E-state index contributed by atoms with van der Waals surface area (Å²) >= 11 is 0. The van der Waals surface area contributed by atoms with Gasteiger partial charge in [-0.05, 0) is 35.6 Å². The Hall–Kier alpha value is -2.42. The Balaban J connectivity index is 1.97. The molecule has 0 saturated heterocycles. The average Bonchev–Trinajstić information content (AvgIpc) is 2.54. The smallest absolute Gasteiger partial charge is 0.310 e. The molecule has 3 nitrogen and oxygen atoms in total. The molecule has 1 aliphatic carbocycles. The van der Waals surface area contributed by atoms with Crippen LogP contribution in [0.4, 0.5) is 0 Å². The van der Waals surface area contributed by atoms with Crippen LogP contribution in [0.25, 0.3) is 0 Å². The van der Waals surface area contributed by atoms with E-state index in [1.165, 1.54) is 5.56 Å². The summed E-state index contributed by atoms with van der Waals surface area (Å²) in [6.07, 6.45) is 1.37. The highest BCUT2D eigenvalue weighted by molar-refractivity contribution is 5.91. The van der Waals surface area contributed by atoms with Crippen molar-refractivity contribution in [1.29, 1.82) is 0 Å². The molecule has 2 atom stereocenters. The first kappa shape index (κ1) is 14.5. The molecule has 0 bridgehead atoms. The molecule has 0 aliphatic heterocycles. The molecule has 2 unspecified atom stereocenters. The van der Waals surface area contributed by atoms with Crippen LogP contribution in [0.15, 0.2) is 48.5 Å². The van der Waals surface area contributed by atoms with E-state index in [0.29, 0.717) is 6.42 Å². The number of rotatable bonds is 3. The third kappa shape index (κ3) is 2.54. The fourth-order valence-corrected chi connectivity index (χ4v) is 3.10. The number of benzene rings is 2. The average molecular weight is 294 g/mol. The van der Waals surface area contributed by atoms with Crippen molar-refractivity contribution in [2.24, 2.45) is 0 Å². The maximum atomic E-state index is 12.4. The second kappa shape index (κ2) is 5.76. The number of hydrogen-bond acceptors (Lipinski definition) is 2. The molecular weight excluding hydrogens is 276 g/mol. The zero-order valence-corrected chi connectivity index (χ0v) is 12.5. The molecule has 0 fully saturated rings. The lowest BCUT2D eigenvalue weighted by Gasteiger charge is -2.25. The van der Waals surface area contributed by atoms with Crippen LogP contribution in [0.5, 0.6) is 0 Å². The summed E-state index contributed by atoms with van der Waals surface area (Å²) in [6.45, 7) is 1.67. The van der Waals surface area contributed by atoms with Gasteiger partial charge in [-0.2, -0.15) is 0 Å². The van der Waals surface area contributed by atoms with E-state index in [1.807, 2.05) is 42.5 Å². The van der Waals surface area contributed by atoms with Gasteiger partial charge in [0, 0.05) is 6.42 Å². The summed E-state index contributed by atoms with van der Waals surface area (Å²) in [5.74, 6) is -1.37. The van der Waals surface area contributed by atoms with Crippen LogP contribution in [-0.4, -0.2) is 16.9 Å². The first-order chi connectivity index (χ1) is 10.6. The molecule has 0 amide bonds. The van der Waals surface area contributed by atoms with E-state index in [-0.39, 0.29) is 11.7 Å². The lowest BCUT2D eigenvalue weighted by Crippen LogP contribution is -2.21. The maximum absolute atomic E-state index is 12.4. The van der Waals surface area contributed by atoms with Gasteiger partial charge >= 0.3 is 5.97 Å². The fraction of sp³-hybridized carbons (Fsp3) is 0.263. The van der Waals surface area contributed by atoms with Gasteiger partial charge < -0.3 is 5.11 Å². The van der Waals surface area contributed by atoms with Gasteiger partial charge in [-0.1, -0.05) is 48.5 Å². The molecule has 0 aromatic heterocycles. The standard InChI is InChI=1S/C19H18O3/c1-12(19(21)22)13-6-8-15(9-7-13)18-16-5-3-2-4-14(16)10-11-17(18)20/h2-9,12,18H,10-11H2,1H3,(H,21,22). The predicted octanol–water partition coefficient (Wildman–Crippen LogP) is 3.52. The van der Waals surface area contributed by atoms with Crippen LogP contribution in [0.1, 0.15) is 47.4 Å². The van der Waals surface area contributed by atoms with Crippen molar-refractivity contribution in [3.63, 3.8) is 0 Å². The van der Waals surface area contributed by atoms with Gasteiger partial charge in [-0.25, -0.2) is 0 Å². The van der Waals surface area contributed by atoms with E-state index in [1.54, 1.807) is 6.92 Å². The van der Waals surface area contributed by atoms with Crippen LogP contribution in [0.3, 0.4) is 0 Å². The van der Waals surface area contributed by atoms with E-state index in [2.05, 4.69) is 6.07 Å². The Morgan fingerprint density at radius 2 is 1.77 bits per heavy atom. The minimum absolute atomic E-state index is 0.223. The van der Waals surface area contributed by atoms with E-state index < -0.39 is 11.9 Å². The van der Waals surface area contributed by atoms with Crippen LogP contribution in [-0.2, 0) is 16.0 Å². The Morgan fingerprint density at radius 1 is 1.09 bits per heavy atom. The number of carboxylic acid groups (broad SMARTS) is 1.